The molecule has 2 aromatic carbocycles. The van der Waals surface area contributed by atoms with Gasteiger partial charge in [0, 0.05) is 38.1 Å². The Hall–Kier alpha value is -4.71. The van der Waals surface area contributed by atoms with Crippen molar-refractivity contribution in [1.29, 1.82) is 0 Å². The lowest BCUT2D eigenvalue weighted by Gasteiger charge is -2.34. The molecule has 1 aliphatic heterocycles. The Labute approximate surface area is 330 Å². The fourth-order valence-electron chi connectivity index (χ4n) is 7.79. The Morgan fingerprint density at radius 3 is 2.16 bits per heavy atom. The number of hydrogen-bond donors (Lipinski definition) is 2. The fraction of sp³-hybridized carbons (Fsp3) is 0.568. The van der Waals surface area contributed by atoms with Gasteiger partial charge < -0.3 is 25.4 Å². The van der Waals surface area contributed by atoms with E-state index in [0.29, 0.717) is 12.0 Å². The molecule has 0 spiro atoms. The van der Waals surface area contributed by atoms with Crippen molar-refractivity contribution in [3.63, 3.8) is 0 Å². The van der Waals surface area contributed by atoms with Crippen LogP contribution < -0.4 is 11.1 Å². The second kappa shape index (κ2) is 22.1. The van der Waals surface area contributed by atoms with Gasteiger partial charge in [-0.15, -0.1) is 0 Å². The van der Waals surface area contributed by atoms with Crippen molar-refractivity contribution >= 4 is 41.0 Å². The van der Waals surface area contributed by atoms with Crippen molar-refractivity contribution in [3.8, 4) is 0 Å². The van der Waals surface area contributed by atoms with Crippen molar-refractivity contribution in [2.75, 3.05) is 13.2 Å². The second-order valence-electron chi connectivity index (χ2n) is 15.7. The van der Waals surface area contributed by atoms with Crippen molar-refractivity contribution in [1.82, 2.24) is 10.2 Å². The molecule has 5 atom stereocenters. The van der Waals surface area contributed by atoms with E-state index >= 15 is 0 Å². The van der Waals surface area contributed by atoms with E-state index in [4.69, 9.17) is 15.2 Å². The summed E-state index contributed by atoms with van der Waals surface area (Å²) in [5.74, 6) is -5.48. The third kappa shape index (κ3) is 13.2. The molecule has 2 aliphatic rings. The first-order valence-electron chi connectivity index (χ1n) is 20.2. The average Bonchev–Trinajstić information content (AvgIpc) is 3.64. The number of amides is 3. The van der Waals surface area contributed by atoms with Crippen LogP contribution in [0.5, 0.6) is 0 Å². The van der Waals surface area contributed by atoms with Gasteiger partial charge >= 0.3 is 5.97 Å². The van der Waals surface area contributed by atoms with E-state index in [1.54, 1.807) is 35.2 Å². The van der Waals surface area contributed by atoms with Crippen LogP contribution in [-0.4, -0.2) is 71.2 Å². The van der Waals surface area contributed by atoms with E-state index < -0.39 is 65.8 Å². The number of carbonyl (C=O) groups is 7. The Balaban J connectivity index is 1.48. The lowest BCUT2D eigenvalue weighted by molar-refractivity contribution is -0.152. The third-order valence-electron chi connectivity index (χ3n) is 10.8. The maximum atomic E-state index is 14.6. The zero-order valence-electron chi connectivity index (χ0n) is 33.1. The Morgan fingerprint density at radius 1 is 0.875 bits per heavy atom. The zero-order chi connectivity index (χ0) is 40.6. The number of ether oxygens (including phenoxy) is 2. The third-order valence-corrected chi connectivity index (χ3v) is 10.8. The molecule has 3 unspecified atom stereocenters. The number of primary amides is 1. The largest absolute Gasteiger partial charge is 0.465 e. The number of nitrogens with zero attached hydrogens (tertiary/aromatic N) is 1. The predicted molar refractivity (Wildman–Crippen MR) is 209 cm³/mol. The molecule has 4 rings (SSSR count). The SMILES string of the molecule is CCCC(CC(=O)[C@@H]1C[C@@H](OCc2ccccc2)CN1C(=O)C(CC(=O)OCC(C)C)C1CCCCC1)C(=O)C(=O)CCC(=O)NC(C(N)=O)c1ccccc1. The van der Waals surface area contributed by atoms with Crippen LogP contribution in [0.4, 0.5) is 0 Å². The van der Waals surface area contributed by atoms with Crippen molar-refractivity contribution in [2.24, 2.45) is 29.4 Å². The molecule has 56 heavy (non-hydrogen) atoms. The quantitative estimate of drug-likeness (QED) is 0.114. The first kappa shape index (κ1) is 44.0. The maximum absolute atomic E-state index is 14.6. The smallest absolute Gasteiger partial charge is 0.306 e. The first-order chi connectivity index (χ1) is 26.9. The van der Waals surface area contributed by atoms with E-state index in [0.717, 1.165) is 37.7 Å². The van der Waals surface area contributed by atoms with Gasteiger partial charge in [-0.05, 0) is 42.2 Å². The highest BCUT2D eigenvalue weighted by Gasteiger charge is 2.45. The number of Topliss-reactive ketones (excluding diaryl/α,β-unsaturated/α-hetero) is 3. The zero-order valence-corrected chi connectivity index (χ0v) is 33.1. The minimum absolute atomic E-state index is 0.0296. The van der Waals surface area contributed by atoms with Crippen LogP contribution in [0, 0.1) is 23.7 Å². The number of nitrogens with one attached hydrogen (secondary N) is 1. The molecule has 0 radical (unpaired) electrons. The number of hydrogen-bond acceptors (Lipinski definition) is 9. The highest BCUT2D eigenvalue weighted by molar-refractivity contribution is 6.38. The molecule has 1 saturated carbocycles. The van der Waals surface area contributed by atoms with E-state index in [2.05, 4.69) is 5.32 Å². The average molecular weight is 774 g/mol. The lowest BCUT2D eigenvalue weighted by atomic mass is 9.77. The maximum Gasteiger partial charge on any atom is 0.306 e. The summed E-state index contributed by atoms with van der Waals surface area (Å²) in [6.07, 6.45) is 4.03. The summed E-state index contributed by atoms with van der Waals surface area (Å²) >= 11 is 0. The summed E-state index contributed by atoms with van der Waals surface area (Å²) in [4.78, 5) is 95.1. The summed E-state index contributed by atoms with van der Waals surface area (Å²) < 4.78 is 11.8. The number of esters is 1. The Morgan fingerprint density at radius 2 is 1.54 bits per heavy atom. The number of ketones is 3. The normalized spacial score (nSPS) is 18.8. The molecule has 304 valence electrons. The lowest BCUT2D eigenvalue weighted by Crippen LogP contribution is -2.47. The molecular weight excluding hydrogens is 714 g/mol. The Bertz CT molecular complexity index is 1640. The Kier molecular flexibility index (Phi) is 17.4. The first-order valence-corrected chi connectivity index (χ1v) is 20.2. The number of rotatable bonds is 22. The van der Waals surface area contributed by atoms with Gasteiger partial charge in [-0.2, -0.15) is 0 Å². The molecule has 3 amide bonds. The molecule has 3 N–H and O–H groups in total. The van der Waals surface area contributed by atoms with E-state index in [9.17, 15) is 33.6 Å². The molecule has 1 aliphatic carbocycles. The predicted octanol–water partition coefficient (Wildman–Crippen LogP) is 5.60. The van der Waals surface area contributed by atoms with Gasteiger partial charge in [0.05, 0.1) is 37.7 Å². The van der Waals surface area contributed by atoms with Crippen molar-refractivity contribution in [2.45, 2.75) is 123 Å². The topological polar surface area (TPSA) is 179 Å². The fourth-order valence-corrected chi connectivity index (χ4v) is 7.79. The molecular formula is C44H59N3O9. The van der Waals surface area contributed by atoms with E-state index in [1.807, 2.05) is 51.1 Å². The second-order valence-corrected chi connectivity index (χ2v) is 15.7. The molecule has 12 heteroatoms. The highest BCUT2D eigenvalue weighted by atomic mass is 16.5. The number of likely N-dealkylation sites (tertiary alicyclic amines) is 1. The standard InChI is InChI=1S/C44H59N3O9/c1-4-14-33(42(52)37(48)21-22-39(50)46-41(43(45)53)32-19-12-7-13-20-32)23-38(49)36-24-34(55-28-30-15-8-5-9-16-30)26-47(36)44(54)35(31-17-10-6-11-18-31)25-40(51)56-27-29(2)3/h5,7-9,12-13,15-16,19-20,29,31,33-36,41H,4,6,10-11,14,17-18,21-28H2,1-3H3,(H2,45,53)(H,46,50)/t33?,34-,35?,36+,41?/m1/s1. The number of carbonyl (C=O) groups excluding carboxylic acids is 7. The van der Waals surface area contributed by atoms with Gasteiger partial charge in [-0.1, -0.05) is 107 Å². The summed E-state index contributed by atoms with van der Waals surface area (Å²) in [6.45, 7) is 6.43. The summed E-state index contributed by atoms with van der Waals surface area (Å²) in [6, 6.07) is 16.0. The minimum atomic E-state index is -1.10. The molecule has 1 heterocycles. The molecule has 12 nitrogen and oxygen atoms in total. The van der Waals surface area contributed by atoms with Crippen LogP contribution in [0.15, 0.2) is 60.7 Å². The van der Waals surface area contributed by atoms with Crippen LogP contribution in [0.2, 0.25) is 0 Å². The molecule has 2 fully saturated rings. The number of benzene rings is 2. The van der Waals surface area contributed by atoms with Gasteiger partial charge in [-0.3, -0.25) is 33.6 Å². The van der Waals surface area contributed by atoms with Crippen molar-refractivity contribution < 1.29 is 43.0 Å². The van der Waals surface area contributed by atoms with Crippen LogP contribution in [-0.2, 0) is 49.6 Å². The van der Waals surface area contributed by atoms with Gasteiger partial charge in [0.15, 0.2) is 11.6 Å². The summed E-state index contributed by atoms with van der Waals surface area (Å²) in [7, 11) is 0. The van der Waals surface area contributed by atoms with Crippen molar-refractivity contribution in [3.05, 3.63) is 71.8 Å². The number of nitrogens with two attached hydrogens (primary N) is 1. The van der Waals surface area contributed by atoms with E-state index in [-0.39, 0.29) is 75.4 Å². The summed E-state index contributed by atoms with van der Waals surface area (Å²) in [5.41, 5.74) is 6.94. The van der Waals surface area contributed by atoms with Crippen LogP contribution >= 0.6 is 0 Å². The monoisotopic (exact) mass is 773 g/mol. The molecule has 1 saturated heterocycles. The van der Waals surface area contributed by atoms with Gasteiger partial charge in [-0.25, -0.2) is 0 Å². The van der Waals surface area contributed by atoms with Gasteiger partial charge in [0.25, 0.3) is 0 Å². The highest BCUT2D eigenvalue weighted by Crippen LogP contribution is 2.36. The molecule has 0 aromatic heterocycles. The minimum Gasteiger partial charge on any atom is -0.465 e. The molecule has 2 aromatic rings. The van der Waals surface area contributed by atoms with Gasteiger partial charge in [0.1, 0.15) is 6.04 Å². The van der Waals surface area contributed by atoms with Crippen LogP contribution in [0.25, 0.3) is 0 Å². The van der Waals surface area contributed by atoms with Crippen LogP contribution in [0.1, 0.15) is 115 Å². The van der Waals surface area contributed by atoms with Gasteiger partial charge in [0.2, 0.25) is 23.5 Å². The van der Waals surface area contributed by atoms with E-state index in [1.165, 1.54) is 0 Å². The molecule has 0 bridgehead atoms. The summed E-state index contributed by atoms with van der Waals surface area (Å²) in [5, 5.41) is 2.54. The van der Waals surface area contributed by atoms with Crippen LogP contribution in [0.3, 0.4) is 0 Å².